The Hall–Kier alpha value is -0.170. The average Bonchev–Trinajstić information content (AvgIpc) is 2.39. The van der Waals surface area contributed by atoms with E-state index in [9.17, 15) is 9.59 Å². The molecule has 0 unspecified atom stereocenters. The van der Waals surface area contributed by atoms with Crippen LogP contribution in [-0.4, -0.2) is 33.7 Å². The van der Waals surface area contributed by atoms with E-state index in [1.165, 1.54) is 0 Å². The molecule has 2 N–H and O–H groups in total. The molecule has 0 atom stereocenters. The molecule has 2 fully saturated rings. The molecule has 0 aromatic heterocycles. The van der Waals surface area contributed by atoms with Gasteiger partial charge in [0.2, 0.25) is 5.91 Å². The number of amides is 1. The van der Waals surface area contributed by atoms with Gasteiger partial charge in [0.15, 0.2) is 3.79 Å². The van der Waals surface area contributed by atoms with E-state index in [0.717, 1.165) is 51.6 Å². The summed E-state index contributed by atoms with van der Waals surface area (Å²) in [5, 5.41) is 0. The Balaban J connectivity index is 1.87. The van der Waals surface area contributed by atoms with E-state index < -0.39 is 0 Å². The van der Waals surface area contributed by atoms with Crippen LogP contribution < -0.4 is 5.73 Å². The summed E-state index contributed by atoms with van der Waals surface area (Å²) in [5.41, 5.74) is 5.65. The van der Waals surface area contributed by atoms with Crippen molar-refractivity contribution in [2.45, 2.75) is 51.5 Å². The number of nitrogens with zero attached hydrogens (tertiary/aromatic N) is 1. The fourth-order valence-electron chi connectivity index (χ4n) is 3.04. The molecule has 1 saturated heterocycles. The molecule has 1 amide bonds. The lowest BCUT2D eigenvalue weighted by atomic mass is 9.80. The summed E-state index contributed by atoms with van der Waals surface area (Å²) in [5.74, 6) is 0.453. The van der Waals surface area contributed by atoms with E-state index in [2.05, 4.69) is 0 Å². The second-order valence-electron chi connectivity index (χ2n) is 6.27. The number of likely N-dealkylation sites (tertiary alicyclic amines) is 1. The van der Waals surface area contributed by atoms with Crippen LogP contribution in [0.5, 0.6) is 0 Å². The molecule has 2 rings (SSSR count). The first kappa shape index (κ1) is 15.2. The molecule has 19 heavy (non-hydrogen) atoms. The largest absolute Gasteiger partial charge is 0.342 e. The van der Waals surface area contributed by atoms with Crippen molar-refractivity contribution >= 4 is 32.3 Å². The van der Waals surface area contributed by atoms with Gasteiger partial charge in [-0.25, -0.2) is 0 Å². The monoisotopic (exact) mass is 378 g/mol. The lowest BCUT2D eigenvalue weighted by Crippen LogP contribution is -2.47. The van der Waals surface area contributed by atoms with Crippen molar-refractivity contribution in [1.82, 2.24) is 4.90 Å². The van der Waals surface area contributed by atoms with Gasteiger partial charge >= 0.3 is 0 Å². The van der Waals surface area contributed by atoms with Crippen molar-refractivity contribution in [3.8, 4) is 0 Å². The molecule has 1 heterocycles. The number of hydrogen-bond acceptors (Lipinski definition) is 3. The van der Waals surface area contributed by atoms with Gasteiger partial charge in [-0.3, -0.25) is 9.59 Å². The Morgan fingerprint density at radius 1 is 1.16 bits per heavy atom. The molecular weight excluding hydrogens is 355 g/mol. The van der Waals surface area contributed by atoms with Crippen LogP contribution in [0.2, 0.25) is 0 Å². The maximum atomic E-state index is 12.4. The summed E-state index contributed by atoms with van der Waals surface area (Å²) in [6, 6.07) is 0.283. The Bertz CT molecular complexity index is 356. The molecule has 0 radical (unpaired) electrons. The van der Waals surface area contributed by atoms with Gasteiger partial charge in [0.05, 0.1) is 0 Å². The quantitative estimate of drug-likeness (QED) is 0.591. The third-order valence-electron chi connectivity index (χ3n) is 4.77. The summed E-state index contributed by atoms with van der Waals surface area (Å²) in [7, 11) is 0. The fraction of sp³-hybridized carbons (Fsp3) is 0.857. The predicted molar refractivity (Wildman–Crippen MR) is 82.9 cm³/mol. The third-order valence-corrected chi connectivity index (χ3v) is 6.08. The Morgan fingerprint density at radius 2 is 1.68 bits per heavy atom. The second-order valence-corrected chi connectivity index (χ2v) is 7.25. The molecule has 0 aromatic rings. The van der Waals surface area contributed by atoms with Crippen LogP contribution in [0.3, 0.4) is 0 Å². The van der Waals surface area contributed by atoms with Gasteiger partial charge in [0.1, 0.15) is 0 Å². The number of halogens is 1. The van der Waals surface area contributed by atoms with E-state index in [1.54, 1.807) is 0 Å². The van der Waals surface area contributed by atoms with Gasteiger partial charge in [-0.15, -0.1) is 0 Å². The van der Waals surface area contributed by atoms with Gasteiger partial charge in [0, 0.05) is 53.1 Å². The van der Waals surface area contributed by atoms with Crippen molar-refractivity contribution in [2.75, 3.05) is 13.1 Å². The standard InChI is InChI=1S/C14H23IN2O2/c1-14(13(15)19)6-8-17(9-7-14)12(18)10-2-4-11(16)5-3-10/h10-11H,2-9,16H2,1H3. The number of nitrogens with two attached hydrogens (primary N) is 1. The lowest BCUT2D eigenvalue weighted by molar-refractivity contribution is -0.140. The molecule has 2 aliphatic rings. The molecule has 1 aliphatic carbocycles. The predicted octanol–water partition coefficient (Wildman–Crippen LogP) is 2.09. The Morgan fingerprint density at radius 3 is 2.16 bits per heavy atom. The lowest BCUT2D eigenvalue weighted by Gasteiger charge is -2.39. The normalized spacial score (nSPS) is 31.0. The molecule has 0 aromatic carbocycles. The summed E-state index contributed by atoms with van der Waals surface area (Å²) in [4.78, 5) is 26.0. The van der Waals surface area contributed by atoms with Crippen LogP contribution in [0.4, 0.5) is 0 Å². The second kappa shape index (κ2) is 6.08. The van der Waals surface area contributed by atoms with Gasteiger partial charge in [-0.05, 0) is 38.5 Å². The van der Waals surface area contributed by atoms with Crippen molar-refractivity contribution in [2.24, 2.45) is 17.1 Å². The first-order valence-corrected chi connectivity index (χ1v) is 8.24. The Kier molecular flexibility index (Phi) is 4.87. The van der Waals surface area contributed by atoms with Gasteiger partial charge in [-0.1, -0.05) is 6.92 Å². The number of piperidine rings is 1. The molecule has 5 heteroatoms. The number of hydrogen-bond donors (Lipinski definition) is 1. The highest BCUT2D eigenvalue weighted by Crippen LogP contribution is 2.35. The van der Waals surface area contributed by atoms with Crippen molar-refractivity contribution in [3.63, 3.8) is 0 Å². The van der Waals surface area contributed by atoms with Crippen LogP contribution in [0.15, 0.2) is 0 Å². The highest BCUT2D eigenvalue weighted by molar-refractivity contribution is 14.1. The smallest absolute Gasteiger partial charge is 0.225 e. The van der Waals surface area contributed by atoms with Crippen LogP contribution in [0, 0.1) is 11.3 Å². The number of carbonyl (C=O) groups excluding carboxylic acids is 2. The third kappa shape index (κ3) is 3.48. The van der Waals surface area contributed by atoms with Crippen molar-refractivity contribution in [3.05, 3.63) is 0 Å². The minimum absolute atomic E-state index is 0.166. The first-order chi connectivity index (χ1) is 8.92. The molecule has 0 spiro atoms. The maximum absolute atomic E-state index is 12.4. The van der Waals surface area contributed by atoms with Crippen molar-refractivity contribution in [1.29, 1.82) is 0 Å². The van der Waals surface area contributed by atoms with Crippen LogP contribution in [0.25, 0.3) is 0 Å². The zero-order chi connectivity index (χ0) is 14.0. The summed E-state index contributed by atoms with van der Waals surface area (Å²) < 4.78 is 0.223. The first-order valence-electron chi connectivity index (χ1n) is 7.17. The summed E-state index contributed by atoms with van der Waals surface area (Å²) >= 11 is 1.89. The highest BCUT2D eigenvalue weighted by Gasteiger charge is 2.38. The van der Waals surface area contributed by atoms with Gasteiger partial charge < -0.3 is 10.6 Å². The molecule has 4 nitrogen and oxygen atoms in total. The number of rotatable bonds is 2. The molecule has 1 aliphatic heterocycles. The molecule has 0 bridgehead atoms. The fourth-order valence-corrected chi connectivity index (χ4v) is 3.58. The van der Waals surface area contributed by atoms with E-state index in [4.69, 9.17) is 5.73 Å². The van der Waals surface area contributed by atoms with E-state index in [-0.39, 0.29) is 27.1 Å². The van der Waals surface area contributed by atoms with Crippen molar-refractivity contribution < 1.29 is 9.59 Å². The SMILES string of the molecule is CC1(C(=O)I)CCN(C(=O)C2CCC(N)CC2)CC1. The summed E-state index contributed by atoms with van der Waals surface area (Å²) in [6.45, 7) is 3.47. The van der Waals surface area contributed by atoms with Gasteiger partial charge in [0.25, 0.3) is 0 Å². The average molecular weight is 378 g/mol. The van der Waals surface area contributed by atoms with Gasteiger partial charge in [-0.2, -0.15) is 0 Å². The van der Waals surface area contributed by atoms with Crippen LogP contribution >= 0.6 is 22.6 Å². The topological polar surface area (TPSA) is 63.4 Å². The zero-order valence-electron chi connectivity index (χ0n) is 11.5. The molecule has 108 valence electrons. The van der Waals surface area contributed by atoms with E-state index in [0.29, 0.717) is 0 Å². The summed E-state index contributed by atoms with van der Waals surface area (Å²) in [6.07, 6.45) is 5.39. The highest BCUT2D eigenvalue weighted by atomic mass is 127. The maximum Gasteiger partial charge on any atom is 0.225 e. The van der Waals surface area contributed by atoms with E-state index >= 15 is 0 Å². The van der Waals surface area contributed by atoms with Crippen LogP contribution in [-0.2, 0) is 9.59 Å². The molecular formula is C14H23IN2O2. The van der Waals surface area contributed by atoms with E-state index in [1.807, 2.05) is 34.4 Å². The molecule has 1 saturated carbocycles. The van der Waals surface area contributed by atoms with Crippen LogP contribution in [0.1, 0.15) is 45.4 Å². The number of carbonyl (C=O) groups is 2. The zero-order valence-corrected chi connectivity index (χ0v) is 13.7. The minimum Gasteiger partial charge on any atom is -0.342 e. The minimum atomic E-state index is -0.230. The Labute approximate surface area is 128 Å².